The third-order valence-electron chi connectivity index (χ3n) is 7.31. The Balaban J connectivity index is 1.57. The number of hydrogen-bond acceptors (Lipinski definition) is 7. The van der Waals surface area contributed by atoms with Crippen molar-refractivity contribution in [2.24, 2.45) is 5.92 Å². The van der Waals surface area contributed by atoms with Gasteiger partial charge in [0.1, 0.15) is 23.7 Å². The number of aliphatic hydroxyl groups excluding tert-OH is 2. The van der Waals surface area contributed by atoms with Crippen LogP contribution in [-0.4, -0.2) is 51.8 Å². The van der Waals surface area contributed by atoms with Crippen molar-refractivity contribution in [2.75, 3.05) is 13.7 Å². The summed E-state index contributed by atoms with van der Waals surface area (Å²) < 4.78 is 27.2. The van der Waals surface area contributed by atoms with E-state index in [2.05, 4.69) is 4.98 Å². The lowest BCUT2D eigenvalue weighted by Gasteiger charge is -2.37. The number of nitrogens with zero attached hydrogens (tertiary/aromatic N) is 1. The predicted octanol–water partition coefficient (Wildman–Crippen LogP) is 2.81. The monoisotopic (exact) mass is 545 g/mol. The zero-order valence-corrected chi connectivity index (χ0v) is 21.9. The highest BCUT2D eigenvalue weighted by atomic mass is 16.6. The van der Waals surface area contributed by atoms with Gasteiger partial charge in [-0.15, -0.1) is 0 Å². The number of aromatic nitrogens is 2. The summed E-state index contributed by atoms with van der Waals surface area (Å²) in [7, 11) is 1.60. The minimum atomic E-state index is -1.30. The van der Waals surface area contributed by atoms with E-state index in [1.54, 1.807) is 7.11 Å². The van der Waals surface area contributed by atoms with Gasteiger partial charge in [0.15, 0.2) is 0 Å². The summed E-state index contributed by atoms with van der Waals surface area (Å²) in [6.07, 6.45) is -3.43. The number of nitrogens with one attached hydrogen (secondary N) is 1. The first kappa shape index (κ1) is 26.2. The topological polar surface area (TPSA) is 123 Å². The zero-order chi connectivity index (χ0) is 29.0. The molecule has 3 aromatic carbocycles. The Labute approximate surface area is 232 Å². The molecule has 1 fully saturated rings. The van der Waals surface area contributed by atoms with E-state index in [4.69, 9.17) is 15.6 Å². The fraction of sp³-hybridized carbons (Fsp3) is 0.290. The standard InChI is InChI=1S/C31H32N2O7/c1-20(34)27-28(36)25(40-29(27)33-18-17-26(35)32-30(33)37)19-39-31(21-9-5-3-6-10-21,22-11-7-4-8-12-22)23-13-15-24(38-2)16-14-23/h3-18,20,25,27-29,34,36H,19H2,1-2H3,(H,32,35,37)/t20-,25+,27+,28+,29+/m0/s1/i1D. The molecule has 0 amide bonds. The molecule has 5 atom stereocenters. The lowest BCUT2D eigenvalue weighted by Crippen LogP contribution is -2.40. The van der Waals surface area contributed by atoms with Crippen LogP contribution in [0.4, 0.5) is 0 Å². The van der Waals surface area contributed by atoms with Gasteiger partial charge in [-0.25, -0.2) is 4.79 Å². The van der Waals surface area contributed by atoms with E-state index in [9.17, 15) is 19.8 Å². The average molecular weight is 546 g/mol. The van der Waals surface area contributed by atoms with Crippen LogP contribution < -0.4 is 16.0 Å². The third kappa shape index (κ3) is 5.12. The molecule has 208 valence electrons. The van der Waals surface area contributed by atoms with Gasteiger partial charge < -0.3 is 24.4 Å². The summed E-state index contributed by atoms with van der Waals surface area (Å²) in [4.78, 5) is 26.4. The van der Waals surface area contributed by atoms with Crippen LogP contribution in [0.25, 0.3) is 0 Å². The molecule has 1 saturated heterocycles. The van der Waals surface area contributed by atoms with Crippen molar-refractivity contribution in [1.29, 1.82) is 0 Å². The number of methoxy groups -OCH3 is 1. The minimum absolute atomic E-state index is 0.132. The summed E-state index contributed by atoms with van der Waals surface area (Å²) in [6.45, 7) is -0.552. The lowest BCUT2D eigenvalue weighted by molar-refractivity contribution is -0.0956. The highest BCUT2D eigenvalue weighted by Crippen LogP contribution is 2.43. The second-order valence-corrected chi connectivity index (χ2v) is 9.67. The van der Waals surface area contributed by atoms with Crippen LogP contribution in [0.1, 0.15) is 31.2 Å². The van der Waals surface area contributed by atoms with E-state index < -0.39 is 54.2 Å². The Hall–Kier alpha value is -4.02. The smallest absolute Gasteiger partial charge is 0.330 e. The van der Waals surface area contributed by atoms with Gasteiger partial charge >= 0.3 is 5.69 Å². The molecule has 0 spiro atoms. The molecule has 1 aromatic heterocycles. The molecule has 3 N–H and O–H groups in total. The average Bonchev–Trinajstić information content (AvgIpc) is 3.33. The maximum absolute atomic E-state index is 12.6. The molecule has 9 nitrogen and oxygen atoms in total. The number of rotatable bonds is 9. The van der Waals surface area contributed by atoms with Gasteiger partial charge in [0.05, 0.1) is 31.8 Å². The Bertz CT molecular complexity index is 1500. The van der Waals surface area contributed by atoms with Crippen molar-refractivity contribution < 1.29 is 25.8 Å². The lowest BCUT2D eigenvalue weighted by atomic mass is 9.80. The van der Waals surface area contributed by atoms with E-state index in [1.165, 1.54) is 6.20 Å². The SMILES string of the molecule is [2H]C[C@H](O)[C@@H]1[C@H](O)[C@@H](COC(c2ccccc2)(c2ccccc2)c2ccc(OC)cc2)O[C@H]1n1ccc(=O)[nH]c1=O. The molecule has 0 radical (unpaired) electrons. The van der Waals surface area contributed by atoms with Gasteiger partial charge in [0.2, 0.25) is 0 Å². The molecular formula is C31H32N2O7. The van der Waals surface area contributed by atoms with Crippen molar-refractivity contribution in [3.05, 3.63) is 135 Å². The molecule has 0 bridgehead atoms. The van der Waals surface area contributed by atoms with Gasteiger partial charge in [-0.2, -0.15) is 0 Å². The fourth-order valence-electron chi connectivity index (χ4n) is 5.33. The van der Waals surface area contributed by atoms with Gasteiger partial charge in [-0.1, -0.05) is 72.8 Å². The Kier molecular flexibility index (Phi) is 7.61. The van der Waals surface area contributed by atoms with Gasteiger partial charge in [0, 0.05) is 13.6 Å². The zero-order valence-electron chi connectivity index (χ0n) is 22.9. The van der Waals surface area contributed by atoms with E-state index in [0.717, 1.165) is 27.3 Å². The van der Waals surface area contributed by atoms with E-state index in [1.807, 2.05) is 84.9 Å². The van der Waals surface area contributed by atoms with Crippen LogP contribution in [0.15, 0.2) is 107 Å². The fourth-order valence-corrected chi connectivity index (χ4v) is 5.33. The Morgan fingerprint density at radius 1 is 0.975 bits per heavy atom. The van der Waals surface area contributed by atoms with Crippen molar-refractivity contribution in [2.45, 2.75) is 37.0 Å². The number of benzene rings is 3. The minimum Gasteiger partial charge on any atom is -0.497 e. The van der Waals surface area contributed by atoms with Crippen LogP contribution >= 0.6 is 0 Å². The maximum atomic E-state index is 12.6. The van der Waals surface area contributed by atoms with Crippen LogP contribution in [0, 0.1) is 5.92 Å². The molecule has 0 unspecified atom stereocenters. The summed E-state index contributed by atoms with van der Waals surface area (Å²) in [5, 5.41) is 22.0. The normalized spacial score (nSPS) is 22.0. The second-order valence-electron chi connectivity index (χ2n) is 9.67. The van der Waals surface area contributed by atoms with Crippen molar-refractivity contribution in [3.8, 4) is 5.75 Å². The highest BCUT2D eigenvalue weighted by molar-refractivity contribution is 5.48. The first-order chi connectivity index (χ1) is 19.9. The first-order valence-corrected chi connectivity index (χ1v) is 12.9. The molecule has 40 heavy (non-hydrogen) atoms. The molecule has 9 heteroatoms. The Morgan fingerprint density at radius 3 is 2.12 bits per heavy atom. The first-order valence-electron chi connectivity index (χ1n) is 13.6. The molecule has 0 aliphatic carbocycles. The maximum Gasteiger partial charge on any atom is 0.330 e. The summed E-state index contributed by atoms with van der Waals surface area (Å²) in [6, 6.07) is 28.0. The van der Waals surface area contributed by atoms with E-state index in [0.29, 0.717) is 5.75 Å². The number of aliphatic hydroxyl groups is 2. The van der Waals surface area contributed by atoms with E-state index in [-0.39, 0.29) is 6.61 Å². The second kappa shape index (κ2) is 11.6. The predicted molar refractivity (Wildman–Crippen MR) is 148 cm³/mol. The summed E-state index contributed by atoms with van der Waals surface area (Å²) in [5.74, 6) is -0.340. The molecule has 4 aromatic rings. The number of hydrogen-bond donors (Lipinski definition) is 3. The molecule has 1 aliphatic rings. The molecule has 0 saturated carbocycles. The number of H-pyrrole nitrogens is 1. The summed E-state index contributed by atoms with van der Waals surface area (Å²) >= 11 is 0. The largest absolute Gasteiger partial charge is 0.497 e. The number of ether oxygens (including phenoxy) is 3. The number of aromatic amines is 1. The molecule has 5 rings (SSSR count). The quantitative estimate of drug-likeness (QED) is 0.277. The van der Waals surface area contributed by atoms with Gasteiger partial charge in [-0.05, 0) is 35.7 Å². The van der Waals surface area contributed by atoms with Gasteiger partial charge in [-0.3, -0.25) is 14.3 Å². The van der Waals surface area contributed by atoms with Gasteiger partial charge in [0.25, 0.3) is 5.56 Å². The Morgan fingerprint density at radius 2 is 1.57 bits per heavy atom. The highest BCUT2D eigenvalue weighted by Gasteiger charge is 2.49. The molecule has 2 heterocycles. The molecule has 1 aliphatic heterocycles. The third-order valence-corrected chi connectivity index (χ3v) is 7.31. The van der Waals surface area contributed by atoms with E-state index >= 15 is 0 Å². The van der Waals surface area contributed by atoms with Crippen molar-refractivity contribution in [3.63, 3.8) is 0 Å². The summed E-state index contributed by atoms with van der Waals surface area (Å²) in [5.41, 5.74) is 0.00473. The van der Waals surface area contributed by atoms with Crippen molar-refractivity contribution in [1.82, 2.24) is 9.55 Å². The van der Waals surface area contributed by atoms with Crippen LogP contribution in [0.2, 0.25) is 0 Å². The van der Waals surface area contributed by atoms with Crippen LogP contribution in [0.5, 0.6) is 5.75 Å². The molecular weight excluding hydrogens is 512 g/mol. The van der Waals surface area contributed by atoms with Crippen LogP contribution in [0.3, 0.4) is 0 Å². The van der Waals surface area contributed by atoms with Crippen molar-refractivity contribution >= 4 is 0 Å². The van der Waals surface area contributed by atoms with Crippen LogP contribution in [-0.2, 0) is 15.1 Å².